The van der Waals surface area contributed by atoms with E-state index in [9.17, 15) is 4.79 Å². The lowest BCUT2D eigenvalue weighted by Crippen LogP contribution is -2.35. The molecule has 0 aromatic carbocycles. The van der Waals surface area contributed by atoms with Gasteiger partial charge in [0.1, 0.15) is 5.69 Å². The second-order valence-electron chi connectivity index (χ2n) is 6.78. The van der Waals surface area contributed by atoms with Crippen LogP contribution in [0, 0.1) is 5.41 Å². The zero-order valence-corrected chi connectivity index (χ0v) is 15.7. The van der Waals surface area contributed by atoms with Gasteiger partial charge in [-0.15, -0.1) is 24.8 Å². The minimum absolute atomic E-state index is 0. The summed E-state index contributed by atoms with van der Waals surface area (Å²) in [6.07, 6.45) is 6.26. The van der Waals surface area contributed by atoms with Gasteiger partial charge in [-0.1, -0.05) is 6.92 Å². The van der Waals surface area contributed by atoms with Crippen molar-refractivity contribution in [2.75, 3.05) is 37.6 Å². The summed E-state index contributed by atoms with van der Waals surface area (Å²) in [5.74, 6) is 0.684. The molecule has 3 heterocycles. The minimum atomic E-state index is -0.00201. The number of amides is 1. The lowest BCUT2D eigenvalue weighted by atomic mass is 9.90. The molecule has 2 fully saturated rings. The summed E-state index contributed by atoms with van der Waals surface area (Å²) < 4.78 is 0. The van der Waals surface area contributed by atoms with Crippen LogP contribution in [0.25, 0.3) is 0 Å². The maximum Gasteiger partial charge on any atom is 0.272 e. The molecular formula is C16H27Cl2N5O. The average molecular weight is 376 g/mol. The summed E-state index contributed by atoms with van der Waals surface area (Å²) in [7, 11) is 0. The Hall–Kier alpha value is -1.11. The quantitative estimate of drug-likeness (QED) is 0.875. The van der Waals surface area contributed by atoms with Crippen LogP contribution in [-0.4, -0.2) is 53.5 Å². The number of rotatable bonds is 3. The van der Waals surface area contributed by atoms with Crippen molar-refractivity contribution in [3.8, 4) is 0 Å². The Balaban J connectivity index is 0.00000144. The van der Waals surface area contributed by atoms with Crippen LogP contribution in [0.15, 0.2) is 12.3 Å². The molecular weight excluding hydrogens is 349 g/mol. The van der Waals surface area contributed by atoms with Crippen LogP contribution in [0.3, 0.4) is 0 Å². The van der Waals surface area contributed by atoms with Crippen molar-refractivity contribution in [3.63, 3.8) is 0 Å². The molecule has 2 aliphatic rings. The van der Waals surface area contributed by atoms with Gasteiger partial charge in [-0.05, 0) is 43.7 Å². The standard InChI is InChI=1S/C16H25N5O.2ClH/c1-16(11-17)6-10-21(12-16)14(22)13-5-7-18-15(19-13)20-8-3-2-4-9-20;;/h5,7H,2-4,6,8-12,17H2,1H3;2*1H. The molecule has 2 aliphatic heterocycles. The largest absolute Gasteiger partial charge is 0.341 e. The van der Waals surface area contributed by atoms with E-state index in [1.807, 2.05) is 4.90 Å². The lowest BCUT2D eigenvalue weighted by molar-refractivity contribution is 0.0771. The van der Waals surface area contributed by atoms with Crippen LogP contribution in [0.4, 0.5) is 5.95 Å². The van der Waals surface area contributed by atoms with Crippen molar-refractivity contribution in [2.45, 2.75) is 32.6 Å². The molecule has 0 bridgehead atoms. The molecule has 2 saturated heterocycles. The number of hydrogen-bond acceptors (Lipinski definition) is 5. The third kappa shape index (κ3) is 4.49. The second kappa shape index (κ2) is 8.83. The predicted octanol–water partition coefficient (Wildman–Crippen LogP) is 2.12. The van der Waals surface area contributed by atoms with Crippen LogP contribution in [0.2, 0.25) is 0 Å². The molecule has 0 saturated carbocycles. The van der Waals surface area contributed by atoms with Gasteiger partial charge in [-0.3, -0.25) is 4.79 Å². The van der Waals surface area contributed by atoms with E-state index in [1.165, 1.54) is 19.3 Å². The van der Waals surface area contributed by atoms with Crippen molar-refractivity contribution in [2.24, 2.45) is 11.1 Å². The Morgan fingerprint density at radius 3 is 2.58 bits per heavy atom. The molecule has 1 atom stereocenters. The number of carbonyl (C=O) groups excluding carboxylic acids is 1. The van der Waals surface area contributed by atoms with E-state index in [1.54, 1.807) is 12.3 Å². The van der Waals surface area contributed by atoms with E-state index in [0.717, 1.165) is 26.1 Å². The van der Waals surface area contributed by atoms with Crippen molar-refractivity contribution >= 4 is 36.7 Å². The maximum absolute atomic E-state index is 12.7. The monoisotopic (exact) mass is 375 g/mol. The first-order valence-electron chi connectivity index (χ1n) is 8.19. The van der Waals surface area contributed by atoms with Gasteiger partial charge >= 0.3 is 0 Å². The first-order chi connectivity index (χ1) is 10.6. The van der Waals surface area contributed by atoms with E-state index in [2.05, 4.69) is 21.8 Å². The SMILES string of the molecule is CC1(CN)CCN(C(=O)c2ccnc(N3CCCCC3)n2)C1.Cl.Cl. The molecule has 6 nitrogen and oxygen atoms in total. The van der Waals surface area contributed by atoms with Crippen LogP contribution in [0.1, 0.15) is 43.1 Å². The molecule has 0 aliphatic carbocycles. The number of likely N-dealkylation sites (tertiary alicyclic amines) is 1. The molecule has 2 N–H and O–H groups in total. The highest BCUT2D eigenvalue weighted by atomic mass is 35.5. The molecule has 1 unspecified atom stereocenters. The molecule has 24 heavy (non-hydrogen) atoms. The minimum Gasteiger partial charge on any atom is -0.341 e. The molecule has 8 heteroatoms. The second-order valence-corrected chi connectivity index (χ2v) is 6.78. The molecule has 136 valence electrons. The third-order valence-electron chi connectivity index (χ3n) is 4.84. The fraction of sp³-hybridized carbons (Fsp3) is 0.688. The van der Waals surface area contributed by atoms with Gasteiger partial charge < -0.3 is 15.5 Å². The van der Waals surface area contributed by atoms with Gasteiger partial charge in [0.15, 0.2) is 0 Å². The van der Waals surface area contributed by atoms with Crippen LogP contribution in [-0.2, 0) is 0 Å². The highest BCUT2D eigenvalue weighted by Gasteiger charge is 2.35. The summed E-state index contributed by atoms with van der Waals surface area (Å²) in [4.78, 5) is 25.6. The summed E-state index contributed by atoms with van der Waals surface area (Å²) in [5, 5.41) is 0. The van der Waals surface area contributed by atoms with Crippen molar-refractivity contribution in [3.05, 3.63) is 18.0 Å². The normalized spacial score (nSPS) is 23.4. The van der Waals surface area contributed by atoms with Crippen molar-refractivity contribution < 1.29 is 4.79 Å². The first kappa shape index (κ1) is 20.9. The van der Waals surface area contributed by atoms with Gasteiger partial charge in [0.25, 0.3) is 5.91 Å². The predicted molar refractivity (Wildman–Crippen MR) is 100 cm³/mol. The Bertz CT molecular complexity index is 553. The number of piperidine rings is 1. The highest BCUT2D eigenvalue weighted by Crippen LogP contribution is 2.29. The van der Waals surface area contributed by atoms with E-state index in [-0.39, 0.29) is 36.1 Å². The molecule has 1 amide bonds. The topological polar surface area (TPSA) is 75.3 Å². The summed E-state index contributed by atoms with van der Waals surface area (Å²) in [5.41, 5.74) is 6.36. The van der Waals surface area contributed by atoms with Gasteiger partial charge in [0.2, 0.25) is 5.95 Å². The van der Waals surface area contributed by atoms with E-state index in [0.29, 0.717) is 24.7 Å². The maximum atomic E-state index is 12.7. The van der Waals surface area contributed by atoms with Crippen LogP contribution >= 0.6 is 24.8 Å². The van der Waals surface area contributed by atoms with E-state index < -0.39 is 0 Å². The smallest absolute Gasteiger partial charge is 0.272 e. The fourth-order valence-corrected chi connectivity index (χ4v) is 3.24. The molecule has 0 spiro atoms. The Morgan fingerprint density at radius 2 is 1.96 bits per heavy atom. The number of hydrogen-bond donors (Lipinski definition) is 1. The zero-order valence-electron chi connectivity index (χ0n) is 14.1. The van der Waals surface area contributed by atoms with Crippen molar-refractivity contribution in [1.29, 1.82) is 0 Å². The van der Waals surface area contributed by atoms with Gasteiger partial charge in [-0.2, -0.15) is 0 Å². The Morgan fingerprint density at radius 1 is 1.25 bits per heavy atom. The van der Waals surface area contributed by atoms with Gasteiger partial charge in [0.05, 0.1) is 0 Å². The molecule has 1 aromatic heterocycles. The van der Waals surface area contributed by atoms with Gasteiger partial charge in [-0.25, -0.2) is 9.97 Å². The number of halogens is 2. The number of nitrogens with zero attached hydrogens (tertiary/aromatic N) is 4. The summed E-state index contributed by atoms with van der Waals surface area (Å²) >= 11 is 0. The average Bonchev–Trinajstić information content (AvgIpc) is 2.98. The van der Waals surface area contributed by atoms with E-state index >= 15 is 0 Å². The lowest BCUT2D eigenvalue weighted by Gasteiger charge is -2.27. The highest BCUT2D eigenvalue weighted by molar-refractivity contribution is 5.92. The van der Waals surface area contributed by atoms with Crippen LogP contribution in [0.5, 0.6) is 0 Å². The molecule has 3 rings (SSSR count). The van der Waals surface area contributed by atoms with Gasteiger partial charge in [0, 0.05) is 32.4 Å². The zero-order chi connectivity index (χ0) is 15.6. The number of anilines is 1. The Kier molecular flexibility index (Phi) is 7.70. The van der Waals surface area contributed by atoms with E-state index in [4.69, 9.17) is 5.73 Å². The Labute approximate surface area is 156 Å². The number of aromatic nitrogens is 2. The molecule has 1 aromatic rings. The molecule has 0 radical (unpaired) electrons. The van der Waals surface area contributed by atoms with Crippen molar-refractivity contribution in [1.82, 2.24) is 14.9 Å². The van der Waals surface area contributed by atoms with Crippen LogP contribution < -0.4 is 10.6 Å². The first-order valence-corrected chi connectivity index (χ1v) is 8.19. The summed E-state index contributed by atoms with van der Waals surface area (Å²) in [6.45, 7) is 6.18. The fourth-order valence-electron chi connectivity index (χ4n) is 3.24. The third-order valence-corrected chi connectivity index (χ3v) is 4.84. The number of nitrogens with two attached hydrogens (primary N) is 1. The summed E-state index contributed by atoms with van der Waals surface area (Å²) in [6, 6.07) is 1.72. The number of carbonyl (C=O) groups is 1.